The van der Waals surface area contributed by atoms with Crippen LogP contribution in [0.4, 0.5) is 0 Å². The van der Waals surface area contributed by atoms with Crippen molar-refractivity contribution in [3.8, 4) is 67.7 Å². The van der Waals surface area contributed by atoms with Crippen molar-refractivity contribution >= 4 is 0 Å². The summed E-state index contributed by atoms with van der Waals surface area (Å²) in [4.78, 5) is 23.4. The first-order valence-electron chi connectivity index (χ1n) is 13.7. The van der Waals surface area contributed by atoms with Gasteiger partial charge in [-0.2, -0.15) is 0 Å². The van der Waals surface area contributed by atoms with Crippen molar-refractivity contribution in [2.24, 2.45) is 0 Å². The molecule has 0 saturated carbocycles. The minimum atomic E-state index is 0.624. The summed E-state index contributed by atoms with van der Waals surface area (Å²) in [6, 6.07) is 45.0. The summed E-state index contributed by atoms with van der Waals surface area (Å²) in [5, 5.41) is 0. The van der Waals surface area contributed by atoms with Crippen LogP contribution in [0.2, 0.25) is 0 Å². The Kier molecular flexibility index (Phi) is 6.81. The summed E-state index contributed by atoms with van der Waals surface area (Å²) in [7, 11) is 0. The fourth-order valence-electron chi connectivity index (χ4n) is 4.86. The predicted molar refractivity (Wildman–Crippen MR) is 168 cm³/mol. The molecule has 3 aromatic heterocycles. The SMILES string of the molecule is c1ccc(-c2ccc(-c3nc(-c4ccccc4)nc(-c4ccc(-c5ccc(-c6ccncc6)cn5)cc4)n3)cc2)cc1. The molecule has 4 aromatic carbocycles. The van der Waals surface area contributed by atoms with Gasteiger partial charge in [0.1, 0.15) is 0 Å². The molecule has 0 aliphatic carbocycles. The minimum Gasteiger partial charge on any atom is -0.265 e. The average Bonchev–Trinajstić information content (AvgIpc) is 3.09. The summed E-state index contributed by atoms with van der Waals surface area (Å²) in [5.41, 5.74) is 9.18. The molecular formula is C37H25N5. The van der Waals surface area contributed by atoms with E-state index >= 15 is 0 Å². The van der Waals surface area contributed by atoms with E-state index in [0.29, 0.717) is 17.5 Å². The number of hydrogen-bond acceptors (Lipinski definition) is 5. The molecule has 0 N–H and O–H groups in total. The van der Waals surface area contributed by atoms with Gasteiger partial charge in [0.15, 0.2) is 17.5 Å². The molecule has 5 nitrogen and oxygen atoms in total. The van der Waals surface area contributed by atoms with Gasteiger partial charge in [-0.1, -0.05) is 115 Å². The standard InChI is InChI=1S/C37H25N5/c1-3-7-26(8-4-1)27-11-15-31(16-12-27)36-40-35(30-9-5-2-6-10-30)41-37(42-36)32-17-13-29(14-18-32)34-20-19-33(25-39-34)28-21-23-38-24-22-28/h1-25H. The minimum absolute atomic E-state index is 0.624. The lowest BCUT2D eigenvalue weighted by Gasteiger charge is -2.10. The summed E-state index contributed by atoms with van der Waals surface area (Å²) in [6.45, 7) is 0. The van der Waals surface area contributed by atoms with E-state index in [2.05, 4.69) is 59.6 Å². The van der Waals surface area contributed by atoms with Crippen molar-refractivity contribution in [2.45, 2.75) is 0 Å². The molecule has 0 saturated heterocycles. The lowest BCUT2D eigenvalue weighted by atomic mass is 10.0. The lowest BCUT2D eigenvalue weighted by Crippen LogP contribution is -2.00. The highest BCUT2D eigenvalue weighted by Crippen LogP contribution is 2.29. The summed E-state index contributed by atoms with van der Waals surface area (Å²) in [5.74, 6) is 1.90. The van der Waals surface area contributed by atoms with Crippen LogP contribution in [0.5, 0.6) is 0 Å². The summed E-state index contributed by atoms with van der Waals surface area (Å²) < 4.78 is 0. The van der Waals surface area contributed by atoms with E-state index in [1.165, 1.54) is 5.56 Å². The van der Waals surface area contributed by atoms with E-state index in [1.54, 1.807) is 12.4 Å². The normalized spacial score (nSPS) is 10.9. The molecular weight excluding hydrogens is 514 g/mol. The van der Waals surface area contributed by atoms with Crippen molar-refractivity contribution in [1.29, 1.82) is 0 Å². The molecule has 0 spiro atoms. The van der Waals surface area contributed by atoms with Crippen LogP contribution < -0.4 is 0 Å². The number of rotatable bonds is 6. The molecule has 7 aromatic rings. The number of pyridine rings is 2. The Morgan fingerprint density at radius 2 is 0.714 bits per heavy atom. The van der Waals surface area contributed by atoms with Gasteiger partial charge in [0.25, 0.3) is 0 Å². The topological polar surface area (TPSA) is 64.5 Å². The number of nitrogens with zero attached hydrogens (tertiary/aromatic N) is 5. The Morgan fingerprint density at radius 1 is 0.310 bits per heavy atom. The number of hydrogen-bond donors (Lipinski definition) is 0. The van der Waals surface area contributed by atoms with Crippen LogP contribution >= 0.6 is 0 Å². The van der Waals surface area contributed by atoms with Crippen molar-refractivity contribution < 1.29 is 0 Å². The second-order valence-electron chi connectivity index (χ2n) is 9.86. The van der Waals surface area contributed by atoms with Gasteiger partial charge in [-0.05, 0) is 34.9 Å². The van der Waals surface area contributed by atoms with E-state index in [0.717, 1.165) is 44.6 Å². The molecule has 5 heteroatoms. The van der Waals surface area contributed by atoms with Crippen LogP contribution in [0.25, 0.3) is 67.7 Å². The maximum Gasteiger partial charge on any atom is 0.164 e. The molecule has 198 valence electrons. The Labute approximate surface area is 244 Å². The highest BCUT2D eigenvalue weighted by molar-refractivity contribution is 5.72. The molecule has 7 rings (SSSR count). The quantitative estimate of drug-likeness (QED) is 0.212. The van der Waals surface area contributed by atoms with Crippen LogP contribution in [0, 0.1) is 0 Å². The zero-order valence-corrected chi connectivity index (χ0v) is 22.7. The van der Waals surface area contributed by atoms with Gasteiger partial charge in [0.2, 0.25) is 0 Å². The van der Waals surface area contributed by atoms with Crippen molar-refractivity contribution in [3.63, 3.8) is 0 Å². The Bertz CT molecular complexity index is 1920. The first-order valence-corrected chi connectivity index (χ1v) is 13.7. The van der Waals surface area contributed by atoms with E-state index in [4.69, 9.17) is 19.9 Å². The highest BCUT2D eigenvalue weighted by atomic mass is 15.0. The first kappa shape index (κ1) is 25.2. The Balaban J connectivity index is 1.22. The van der Waals surface area contributed by atoms with Crippen molar-refractivity contribution in [1.82, 2.24) is 24.9 Å². The van der Waals surface area contributed by atoms with E-state index in [1.807, 2.05) is 85.1 Å². The molecule has 0 atom stereocenters. The van der Waals surface area contributed by atoms with Gasteiger partial charge in [0, 0.05) is 46.4 Å². The van der Waals surface area contributed by atoms with Crippen LogP contribution in [-0.4, -0.2) is 24.9 Å². The monoisotopic (exact) mass is 539 g/mol. The lowest BCUT2D eigenvalue weighted by molar-refractivity contribution is 1.07. The second kappa shape index (κ2) is 11.4. The number of benzene rings is 4. The molecule has 0 unspecified atom stereocenters. The smallest absolute Gasteiger partial charge is 0.164 e. The van der Waals surface area contributed by atoms with Gasteiger partial charge in [-0.25, -0.2) is 15.0 Å². The molecule has 0 aliphatic heterocycles. The fourth-order valence-corrected chi connectivity index (χ4v) is 4.86. The second-order valence-corrected chi connectivity index (χ2v) is 9.86. The first-order chi connectivity index (χ1) is 20.8. The highest BCUT2D eigenvalue weighted by Gasteiger charge is 2.13. The van der Waals surface area contributed by atoms with E-state index in [9.17, 15) is 0 Å². The molecule has 0 radical (unpaired) electrons. The third-order valence-electron chi connectivity index (χ3n) is 7.13. The molecule has 0 amide bonds. The van der Waals surface area contributed by atoms with Crippen LogP contribution in [0.15, 0.2) is 152 Å². The van der Waals surface area contributed by atoms with Crippen LogP contribution in [0.3, 0.4) is 0 Å². The maximum atomic E-state index is 4.91. The summed E-state index contributed by atoms with van der Waals surface area (Å²) >= 11 is 0. The molecule has 3 heterocycles. The third kappa shape index (κ3) is 5.31. The van der Waals surface area contributed by atoms with Crippen LogP contribution in [0.1, 0.15) is 0 Å². The predicted octanol–water partition coefficient (Wildman–Crippen LogP) is 8.66. The molecule has 0 aliphatic rings. The third-order valence-corrected chi connectivity index (χ3v) is 7.13. The molecule has 0 bridgehead atoms. The zero-order valence-electron chi connectivity index (χ0n) is 22.7. The van der Waals surface area contributed by atoms with Crippen molar-refractivity contribution in [2.75, 3.05) is 0 Å². The Hall–Kier alpha value is -5.81. The maximum absolute atomic E-state index is 4.91. The van der Waals surface area contributed by atoms with Gasteiger partial charge < -0.3 is 0 Å². The Morgan fingerprint density at radius 3 is 1.24 bits per heavy atom. The van der Waals surface area contributed by atoms with Crippen molar-refractivity contribution in [3.05, 3.63) is 152 Å². The molecule has 0 fully saturated rings. The molecule has 42 heavy (non-hydrogen) atoms. The van der Waals surface area contributed by atoms with E-state index < -0.39 is 0 Å². The zero-order chi connectivity index (χ0) is 28.1. The largest absolute Gasteiger partial charge is 0.265 e. The van der Waals surface area contributed by atoms with E-state index in [-0.39, 0.29) is 0 Å². The van der Waals surface area contributed by atoms with Gasteiger partial charge >= 0.3 is 0 Å². The van der Waals surface area contributed by atoms with Gasteiger partial charge in [0.05, 0.1) is 5.69 Å². The summed E-state index contributed by atoms with van der Waals surface area (Å²) in [6.07, 6.45) is 5.47. The van der Waals surface area contributed by atoms with Gasteiger partial charge in [-0.15, -0.1) is 0 Å². The average molecular weight is 540 g/mol. The van der Waals surface area contributed by atoms with Gasteiger partial charge in [-0.3, -0.25) is 9.97 Å². The fraction of sp³-hybridized carbons (Fsp3) is 0. The number of aromatic nitrogens is 5. The van der Waals surface area contributed by atoms with Crippen LogP contribution in [-0.2, 0) is 0 Å².